The monoisotopic (exact) mass is 568 g/mol. The zero-order chi connectivity index (χ0) is 28.9. The van der Waals surface area contributed by atoms with E-state index in [9.17, 15) is 14.4 Å². The van der Waals surface area contributed by atoms with Crippen molar-refractivity contribution in [1.29, 1.82) is 0 Å². The molecule has 1 saturated carbocycles. The molecular formula is C32H48N4O3S. The number of carbonyl (C=O) groups excluding carboxylic acids is 3. The lowest BCUT2D eigenvalue weighted by atomic mass is 9.89. The van der Waals surface area contributed by atoms with E-state index in [0.717, 1.165) is 24.9 Å². The average Bonchev–Trinajstić information content (AvgIpc) is 3.48. The third kappa shape index (κ3) is 9.73. The molecule has 0 aliphatic heterocycles. The summed E-state index contributed by atoms with van der Waals surface area (Å²) in [5.41, 5.74) is 8.71. The van der Waals surface area contributed by atoms with Crippen molar-refractivity contribution in [3.8, 4) is 0 Å². The van der Waals surface area contributed by atoms with Gasteiger partial charge in [-0.25, -0.2) is 0 Å². The average molecular weight is 569 g/mol. The maximum atomic E-state index is 13.4. The van der Waals surface area contributed by atoms with E-state index in [4.69, 9.17) is 5.73 Å². The zero-order valence-corrected chi connectivity index (χ0v) is 25.3. The number of rotatable bonds is 15. The second-order valence-corrected chi connectivity index (χ2v) is 12.1. The van der Waals surface area contributed by atoms with Crippen LogP contribution >= 0.6 is 11.3 Å². The molecule has 0 saturated heterocycles. The van der Waals surface area contributed by atoms with Gasteiger partial charge in [0.1, 0.15) is 0 Å². The van der Waals surface area contributed by atoms with Crippen LogP contribution in [0.25, 0.3) is 0 Å². The molecule has 220 valence electrons. The van der Waals surface area contributed by atoms with Crippen molar-refractivity contribution >= 4 is 29.1 Å². The summed E-state index contributed by atoms with van der Waals surface area (Å²) >= 11 is 1.60. The molecule has 7 nitrogen and oxygen atoms in total. The molecule has 1 fully saturated rings. The minimum Gasteiger partial charge on any atom is -0.356 e. The lowest BCUT2D eigenvalue weighted by Gasteiger charge is -2.28. The summed E-state index contributed by atoms with van der Waals surface area (Å²) in [5, 5.41) is 10.3. The van der Waals surface area contributed by atoms with E-state index in [0.29, 0.717) is 43.0 Å². The van der Waals surface area contributed by atoms with Gasteiger partial charge in [0.15, 0.2) is 0 Å². The maximum absolute atomic E-state index is 13.4. The van der Waals surface area contributed by atoms with Gasteiger partial charge < -0.3 is 21.3 Å². The fourth-order valence-corrected chi connectivity index (χ4v) is 6.23. The van der Waals surface area contributed by atoms with Crippen molar-refractivity contribution in [2.75, 3.05) is 19.6 Å². The highest BCUT2D eigenvalue weighted by atomic mass is 32.1. The first kappa shape index (κ1) is 31.8. The molecule has 0 unspecified atom stereocenters. The molecule has 4 N–H and O–H groups in total. The van der Waals surface area contributed by atoms with Crippen LogP contribution < -0.4 is 16.4 Å². The van der Waals surface area contributed by atoms with Crippen LogP contribution in [0, 0.1) is 11.8 Å². The van der Waals surface area contributed by atoms with Gasteiger partial charge in [-0.05, 0) is 85.0 Å². The zero-order valence-electron chi connectivity index (χ0n) is 24.5. The van der Waals surface area contributed by atoms with E-state index >= 15 is 0 Å². The molecule has 1 aromatic heterocycles. The molecule has 0 bridgehead atoms. The summed E-state index contributed by atoms with van der Waals surface area (Å²) in [6.07, 6.45) is 8.96. The molecule has 40 heavy (non-hydrogen) atoms. The minimum absolute atomic E-state index is 0.0246. The molecule has 0 spiro atoms. The summed E-state index contributed by atoms with van der Waals surface area (Å²) in [5.74, 6) is 0.0131. The summed E-state index contributed by atoms with van der Waals surface area (Å²) in [4.78, 5) is 41.2. The highest BCUT2D eigenvalue weighted by molar-refractivity contribution is 7.07. The predicted octanol–water partition coefficient (Wildman–Crippen LogP) is 5.40. The quantitative estimate of drug-likeness (QED) is 0.268. The van der Waals surface area contributed by atoms with E-state index < -0.39 is 6.04 Å². The Kier molecular flexibility index (Phi) is 13.1. The SMILES string of the molecule is CCCN(CCC)C(=O)c1cccc(C(=O)N[C@@H](Cc2ccsc2)[C@@H](N)C[C@@H](C)C(=O)NCC2CCCCC2)c1. The molecule has 1 heterocycles. The largest absolute Gasteiger partial charge is 0.356 e. The van der Waals surface area contributed by atoms with E-state index in [-0.39, 0.29) is 29.7 Å². The smallest absolute Gasteiger partial charge is 0.253 e. The van der Waals surface area contributed by atoms with Crippen LogP contribution in [0.3, 0.4) is 0 Å². The van der Waals surface area contributed by atoms with Gasteiger partial charge in [-0.2, -0.15) is 11.3 Å². The van der Waals surface area contributed by atoms with Crippen molar-refractivity contribution < 1.29 is 14.4 Å². The summed E-state index contributed by atoms with van der Waals surface area (Å²) in [6, 6.07) is 8.19. The number of benzene rings is 1. The number of nitrogens with two attached hydrogens (primary N) is 1. The van der Waals surface area contributed by atoms with Crippen molar-refractivity contribution in [3.63, 3.8) is 0 Å². The first-order valence-corrected chi connectivity index (χ1v) is 16.0. The molecule has 3 rings (SSSR count). The van der Waals surface area contributed by atoms with E-state index in [1.807, 2.05) is 23.3 Å². The van der Waals surface area contributed by atoms with Crippen molar-refractivity contribution in [3.05, 3.63) is 57.8 Å². The predicted molar refractivity (Wildman–Crippen MR) is 164 cm³/mol. The number of thiophene rings is 1. The van der Waals surface area contributed by atoms with Gasteiger partial charge >= 0.3 is 0 Å². The third-order valence-corrected chi connectivity index (χ3v) is 8.61. The second kappa shape index (κ2) is 16.5. The summed E-state index contributed by atoms with van der Waals surface area (Å²) < 4.78 is 0. The number of hydrogen-bond donors (Lipinski definition) is 3. The van der Waals surface area contributed by atoms with Crippen molar-refractivity contribution in [2.45, 2.75) is 90.6 Å². The topological polar surface area (TPSA) is 105 Å². The lowest BCUT2D eigenvalue weighted by Crippen LogP contribution is -2.50. The maximum Gasteiger partial charge on any atom is 0.253 e. The Morgan fingerprint density at radius 2 is 1.75 bits per heavy atom. The van der Waals surface area contributed by atoms with Crippen LogP contribution in [0.5, 0.6) is 0 Å². The molecule has 1 aromatic carbocycles. The Morgan fingerprint density at radius 1 is 1.05 bits per heavy atom. The van der Waals surface area contributed by atoms with Crippen LogP contribution in [-0.4, -0.2) is 54.3 Å². The van der Waals surface area contributed by atoms with E-state index in [2.05, 4.69) is 29.9 Å². The normalized spacial score (nSPS) is 16.1. The van der Waals surface area contributed by atoms with Gasteiger partial charge in [-0.1, -0.05) is 46.1 Å². The van der Waals surface area contributed by atoms with Gasteiger partial charge in [0.25, 0.3) is 11.8 Å². The van der Waals surface area contributed by atoms with E-state index in [1.165, 1.54) is 32.1 Å². The van der Waals surface area contributed by atoms with Crippen LogP contribution in [0.2, 0.25) is 0 Å². The first-order chi connectivity index (χ1) is 19.3. The summed E-state index contributed by atoms with van der Waals surface area (Å²) in [6.45, 7) is 8.12. The molecule has 1 aliphatic carbocycles. The fraction of sp³-hybridized carbons (Fsp3) is 0.594. The number of nitrogens with zero attached hydrogens (tertiary/aromatic N) is 1. The molecular weight excluding hydrogens is 520 g/mol. The van der Waals surface area contributed by atoms with Gasteiger partial charge in [0.2, 0.25) is 5.91 Å². The molecule has 8 heteroatoms. The van der Waals surface area contributed by atoms with Crippen molar-refractivity contribution in [2.24, 2.45) is 17.6 Å². The van der Waals surface area contributed by atoms with E-state index in [1.54, 1.807) is 35.6 Å². The molecule has 2 aromatic rings. The highest BCUT2D eigenvalue weighted by Crippen LogP contribution is 2.23. The van der Waals surface area contributed by atoms with Gasteiger partial charge in [0, 0.05) is 48.8 Å². The second-order valence-electron chi connectivity index (χ2n) is 11.3. The molecule has 3 amide bonds. The Morgan fingerprint density at radius 3 is 2.40 bits per heavy atom. The van der Waals surface area contributed by atoms with Crippen LogP contribution in [0.1, 0.15) is 98.4 Å². The number of hydrogen-bond acceptors (Lipinski definition) is 5. The van der Waals surface area contributed by atoms with Crippen LogP contribution in [-0.2, 0) is 11.2 Å². The number of amides is 3. The fourth-order valence-electron chi connectivity index (χ4n) is 5.54. The molecule has 1 aliphatic rings. The Hall–Kier alpha value is -2.71. The lowest BCUT2D eigenvalue weighted by molar-refractivity contribution is -0.125. The van der Waals surface area contributed by atoms with Crippen LogP contribution in [0.4, 0.5) is 0 Å². The van der Waals surface area contributed by atoms with Crippen LogP contribution in [0.15, 0.2) is 41.1 Å². The third-order valence-electron chi connectivity index (χ3n) is 7.88. The Labute approximate surface area is 244 Å². The number of carbonyl (C=O) groups is 3. The standard InChI is InChI=1S/C32H48N4O3S/c1-4-15-36(16-5-2)32(39)27-13-9-12-26(20-27)31(38)35-29(19-25-14-17-40-22-25)28(33)18-23(3)30(37)34-21-24-10-7-6-8-11-24/h9,12-14,17,20,22-24,28-29H,4-8,10-11,15-16,18-19,21,33H2,1-3H3,(H,34,37)(H,35,38)/t23-,28+,29+/m1/s1. The van der Waals surface area contributed by atoms with Gasteiger partial charge in [-0.15, -0.1) is 0 Å². The Balaban J connectivity index is 1.66. The minimum atomic E-state index is -0.409. The number of nitrogens with one attached hydrogen (secondary N) is 2. The van der Waals surface area contributed by atoms with Gasteiger partial charge in [-0.3, -0.25) is 14.4 Å². The highest BCUT2D eigenvalue weighted by Gasteiger charge is 2.26. The molecule has 0 radical (unpaired) electrons. The molecule has 3 atom stereocenters. The van der Waals surface area contributed by atoms with Gasteiger partial charge in [0.05, 0.1) is 0 Å². The summed E-state index contributed by atoms with van der Waals surface area (Å²) in [7, 11) is 0. The Bertz CT molecular complexity index is 1060. The first-order valence-electron chi connectivity index (χ1n) is 15.1. The van der Waals surface area contributed by atoms with Crippen molar-refractivity contribution in [1.82, 2.24) is 15.5 Å².